The summed E-state index contributed by atoms with van der Waals surface area (Å²) in [6, 6.07) is 9.99. The first-order chi connectivity index (χ1) is 9.58. The molecule has 7 heteroatoms. The standard InChI is InChI=1S/C13H14BrNO4S/c14-11-5-7-13(8-6-11)20(16,17)15-19-10-2-4-12-3-1-9-18-12/h1,3,5-9,15H,2,4,10H2. The number of aryl methyl sites for hydroxylation is 1. The van der Waals surface area contributed by atoms with E-state index < -0.39 is 10.0 Å². The molecule has 0 atom stereocenters. The fraction of sp³-hybridized carbons (Fsp3) is 0.231. The number of nitrogens with one attached hydrogen (secondary N) is 1. The number of sulfonamides is 1. The van der Waals surface area contributed by atoms with Crippen LogP contribution in [0.5, 0.6) is 0 Å². The lowest BCUT2D eigenvalue weighted by Crippen LogP contribution is -2.24. The number of halogens is 1. The van der Waals surface area contributed by atoms with E-state index in [1.807, 2.05) is 12.1 Å². The van der Waals surface area contributed by atoms with Crippen LogP contribution in [0, 0.1) is 0 Å². The Kier molecular flexibility index (Phi) is 5.36. The molecule has 0 fully saturated rings. The van der Waals surface area contributed by atoms with Gasteiger partial charge in [-0.3, -0.25) is 4.84 Å². The summed E-state index contributed by atoms with van der Waals surface area (Å²) in [6.45, 7) is 0.274. The Bertz CT molecular complexity index is 623. The highest BCUT2D eigenvalue weighted by Crippen LogP contribution is 2.14. The summed E-state index contributed by atoms with van der Waals surface area (Å²) in [5.41, 5.74) is 0. The van der Waals surface area contributed by atoms with Crippen molar-refractivity contribution < 1.29 is 17.7 Å². The molecule has 0 amide bonds. The van der Waals surface area contributed by atoms with Crippen LogP contribution in [0.3, 0.4) is 0 Å². The normalized spacial score (nSPS) is 11.7. The third-order valence-corrected chi connectivity index (χ3v) is 4.30. The zero-order chi connectivity index (χ0) is 14.4. The second kappa shape index (κ2) is 7.03. The average molecular weight is 360 g/mol. The first-order valence-corrected chi connectivity index (χ1v) is 8.27. The van der Waals surface area contributed by atoms with Gasteiger partial charge in [0.15, 0.2) is 0 Å². The Labute approximate surface area is 126 Å². The third kappa shape index (κ3) is 4.45. The largest absolute Gasteiger partial charge is 0.469 e. The molecule has 2 aromatic rings. The highest BCUT2D eigenvalue weighted by Gasteiger charge is 2.13. The van der Waals surface area contributed by atoms with Gasteiger partial charge in [0.1, 0.15) is 5.76 Å². The zero-order valence-corrected chi connectivity index (χ0v) is 13.0. The van der Waals surface area contributed by atoms with E-state index in [1.54, 1.807) is 18.4 Å². The molecule has 20 heavy (non-hydrogen) atoms. The molecule has 1 aromatic carbocycles. The first-order valence-electron chi connectivity index (χ1n) is 5.99. The molecule has 5 nitrogen and oxygen atoms in total. The SMILES string of the molecule is O=S(=O)(NOCCCc1ccco1)c1ccc(Br)cc1. The van der Waals surface area contributed by atoms with Gasteiger partial charge in [0.2, 0.25) is 0 Å². The minimum absolute atomic E-state index is 0.159. The second-order valence-electron chi connectivity index (χ2n) is 4.07. The Morgan fingerprint density at radius 1 is 1.20 bits per heavy atom. The zero-order valence-electron chi connectivity index (χ0n) is 10.6. The summed E-state index contributed by atoms with van der Waals surface area (Å²) >= 11 is 3.25. The minimum Gasteiger partial charge on any atom is -0.469 e. The van der Waals surface area contributed by atoms with Crippen molar-refractivity contribution in [3.8, 4) is 0 Å². The van der Waals surface area contributed by atoms with E-state index in [1.165, 1.54) is 12.1 Å². The molecule has 0 aliphatic heterocycles. The van der Waals surface area contributed by atoms with Crippen molar-refractivity contribution >= 4 is 26.0 Å². The molecule has 1 aromatic heterocycles. The van der Waals surface area contributed by atoms with Gasteiger partial charge >= 0.3 is 0 Å². The molecule has 1 N–H and O–H groups in total. The molecular formula is C13H14BrNO4S. The first kappa shape index (κ1) is 15.2. The van der Waals surface area contributed by atoms with Crippen LogP contribution in [0.1, 0.15) is 12.2 Å². The number of hydrogen-bond donors (Lipinski definition) is 1. The van der Waals surface area contributed by atoms with Crippen molar-refractivity contribution in [2.24, 2.45) is 0 Å². The topological polar surface area (TPSA) is 68.5 Å². The van der Waals surface area contributed by atoms with E-state index in [-0.39, 0.29) is 11.5 Å². The maximum absolute atomic E-state index is 11.9. The molecule has 0 radical (unpaired) electrons. The quantitative estimate of drug-likeness (QED) is 0.609. The van der Waals surface area contributed by atoms with Crippen LogP contribution in [0.15, 0.2) is 56.4 Å². The summed E-state index contributed by atoms with van der Waals surface area (Å²) in [6.07, 6.45) is 2.97. The maximum Gasteiger partial charge on any atom is 0.262 e. The molecule has 2 rings (SSSR count). The third-order valence-electron chi connectivity index (χ3n) is 2.54. The predicted octanol–water partition coefficient (Wildman–Crippen LogP) is 2.88. The molecule has 0 bridgehead atoms. The number of hydrogen-bond acceptors (Lipinski definition) is 4. The van der Waals surface area contributed by atoms with Crippen molar-refractivity contribution in [2.75, 3.05) is 6.61 Å². The smallest absolute Gasteiger partial charge is 0.262 e. The van der Waals surface area contributed by atoms with Gasteiger partial charge in [0, 0.05) is 10.9 Å². The lowest BCUT2D eigenvalue weighted by Gasteiger charge is -2.07. The second-order valence-corrected chi connectivity index (χ2v) is 6.63. The van der Waals surface area contributed by atoms with Crippen LogP contribution < -0.4 is 4.89 Å². The van der Waals surface area contributed by atoms with E-state index in [0.29, 0.717) is 12.8 Å². The highest BCUT2D eigenvalue weighted by atomic mass is 79.9. The fourth-order valence-electron chi connectivity index (χ4n) is 1.55. The highest BCUT2D eigenvalue weighted by molar-refractivity contribution is 9.10. The van der Waals surface area contributed by atoms with Crippen molar-refractivity contribution in [1.82, 2.24) is 4.89 Å². The van der Waals surface area contributed by atoms with Gasteiger partial charge in [0.05, 0.1) is 17.8 Å². The minimum atomic E-state index is -3.63. The van der Waals surface area contributed by atoms with Crippen molar-refractivity contribution in [3.63, 3.8) is 0 Å². The van der Waals surface area contributed by atoms with Gasteiger partial charge in [-0.1, -0.05) is 20.8 Å². The molecule has 0 aliphatic rings. The van der Waals surface area contributed by atoms with Crippen LogP contribution in [0.25, 0.3) is 0 Å². The summed E-state index contributed by atoms with van der Waals surface area (Å²) in [5, 5.41) is 0. The molecule has 0 spiro atoms. The molecule has 0 saturated carbocycles. The van der Waals surface area contributed by atoms with Gasteiger partial charge in [0.25, 0.3) is 10.0 Å². The fourth-order valence-corrected chi connectivity index (χ4v) is 2.65. The lowest BCUT2D eigenvalue weighted by molar-refractivity contribution is 0.0905. The molecule has 0 saturated heterocycles. The van der Waals surface area contributed by atoms with Crippen molar-refractivity contribution in [1.29, 1.82) is 0 Å². The molecule has 108 valence electrons. The maximum atomic E-state index is 11.9. The Morgan fingerprint density at radius 2 is 1.95 bits per heavy atom. The number of rotatable bonds is 7. The van der Waals surface area contributed by atoms with Crippen LogP contribution in [-0.4, -0.2) is 15.0 Å². The summed E-state index contributed by atoms with van der Waals surface area (Å²) in [5.74, 6) is 0.851. The molecular weight excluding hydrogens is 346 g/mol. The lowest BCUT2D eigenvalue weighted by atomic mass is 10.3. The van der Waals surface area contributed by atoms with E-state index >= 15 is 0 Å². The predicted molar refractivity (Wildman–Crippen MR) is 77.4 cm³/mol. The van der Waals surface area contributed by atoms with Gasteiger partial charge < -0.3 is 4.42 Å². The Balaban J connectivity index is 1.76. The van der Waals surface area contributed by atoms with Crippen LogP contribution in [0.4, 0.5) is 0 Å². The van der Waals surface area contributed by atoms with Crippen LogP contribution in [0.2, 0.25) is 0 Å². The van der Waals surface area contributed by atoms with E-state index in [2.05, 4.69) is 20.8 Å². The molecule has 0 unspecified atom stereocenters. The Hall–Kier alpha value is -1.15. The number of furan rings is 1. The van der Waals surface area contributed by atoms with E-state index in [9.17, 15) is 8.42 Å². The van der Waals surface area contributed by atoms with Crippen LogP contribution in [-0.2, 0) is 21.3 Å². The van der Waals surface area contributed by atoms with Crippen LogP contribution >= 0.6 is 15.9 Å². The van der Waals surface area contributed by atoms with Gasteiger partial charge in [-0.05, 0) is 42.8 Å². The van der Waals surface area contributed by atoms with Gasteiger partial charge in [-0.2, -0.15) is 0 Å². The Morgan fingerprint density at radius 3 is 2.60 bits per heavy atom. The summed E-state index contributed by atoms with van der Waals surface area (Å²) in [7, 11) is -3.63. The average Bonchev–Trinajstić information content (AvgIpc) is 2.92. The monoisotopic (exact) mass is 359 g/mol. The summed E-state index contributed by atoms with van der Waals surface area (Å²) < 4.78 is 29.7. The molecule has 1 heterocycles. The van der Waals surface area contributed by atoms with Gasteiger partial charge in [-0.15, -0.1) is 0 Å². The molecule has 0 aliphatic carbocycles. The van der Waals surface area contributed by atoms with E-state index in [0.717, 1.165) is 10.2 Å². The van der Waals surface area contributed by atoms with Crippen molar-refractivity contribution in [3.05, 3.63) is 52.9 Å². The van der Waals surface area contributed by atoms with E-state index in [4.69, 9.17) is 9.25 Å². The van der Waals surface area contributed by atoms with Crippen molar-refractivity contribution in [2.45, 2.75) is 17.7 Å². The summed E-state index contributed by atoms with van der Waals surface area (Å²) in [4.78, 5) is 7.25. The number of benzene rings is 1. The van der Waals surface area contributed by atoms with Gasteiger partial charge in [-0.25, -0.2) is 8.42 Å².